The van der Waals surface area contributed by atoms with Crippen LogP contribution in [0.15, 0.2) is 6.20 Å². The molecule has 2 rings (SSSR count). The summed E-state index contributed by atoms with van der Waals surface area (Å²) in [4.78, 5) is 0. The van der Waals surface area contributed by atoms with E-state index in [0.717, 1.165) is 26.1 Å². The van der Waals surface area contributed by atoms with Crippen LogP contribution in [0.3, 0.4) is 0 Å². The maximum atomic E-state index is 12.7. The predicted octanol–water partition coefficient (Wildman–Crippen LogP) is 1.76. The van der Waals surface area contributed by atoms with Crippen LogP contribution in [-0.4, -0.2) is 24.0 Å². The number of hydrogen-bond donors (Lipinski definition) is 0. The van der Waals surface area contributed by atoms with Gasteiger partial charge in [-0.3, -0.25) is 4.68 Å². The second kappa shape index (κ2) is 4.25. The van der Waals surface area contributed by atoms with Crippen molar-refractivity contribution in [1.29, 1.82) is 0 Å². The molecule has 1 aliphatic carbocycles. The van der Waals surface area contributed by atoms with Crippen LogP contribution >= 0.6 is 0 Å². The van der Waals surface area contributed by atoms with E-state index in [-0.39, 0.29) is 17.2 Å². The van der Waals surface area contributed by atoms with Crippen molar-refractivity contribution < 1.29 is 21.6 Å². The number of nitrogens with zero attached hydrogens (tertiary/aromatic N) is 2. The van der Waals surface area contributed by atoms with Crippen molar-refractivity contribution in [2.45, 2.75) is 24.8 Å². The van der Waals surface area contributed by atoms with Crippen LogP contribution in [0.4, 0.5) is 13.2 Å². The van der Waals surface area contributed by atoms with Crippen LogP contribution in [-0.2, 0) is 28.8 Å². The molecule has 0 aliphatic heterocycles. The lowest BCUT2D eigenvalue weighted by Gasteiger charge is -2.10. The number of sulfone groups is 1. The normalized spacial score (nSPS) is 17.1. The first-order chi connectivity index (χ1) is 8.19. The van der Waals surface area contributed by atoms with Gasteiger partial charge in [0, 0.05) is 12.6 Å². The Bertz CT molecular complexity index is 544. The first kappa shape index (κ1) is 13.4. The highest BCUT2D eigenvalue weighted by Gasteiger charge is 2.39. The van der Waals surface area contributed by atoms with Crippen molar-refractivity contribution in [2.75, 3.05) is 5.75 Å². The highest BCUT2D eigenvalue weighted by Crippen LogP contribution is 2.34. The Morgan fingerprint density at radius 1 is 1.44 bits per heavy atom. The Hall–Kier alpha value is -1.05. The molecule has 1 aliphatic rings. The molecule has 0 spiro atoms. The molecule has 1 aromatic heterocycles. The van der Waals surface area contributed by atoms with E-state index < -0.39 is 27.5 Å². The fraction of sp³-hybridized carbons (Fsp3) is 0.700. The van der Waals surface area contributed by atoms with Crippen molar-refractivity contribution in [3.8, 4) is 0 Å². The molecule has 1 fully saturated rings. The molecule has 1 aromatic rings. The molecule has 0 radical (unpaired) electrons. The summed E-state index contributed by atoms with van der Waals surface area (Å²) in [7, 11) is -2.34. The molecular formula is C10H13F3N2O2S. The second-order valence-corrected chi connectivity index (χ2v) is 6.75. The smallest absolute Gasteiger partial charge is 0.263 e. The molecule has 0 N–H and O–H groups in total. The van der Waals surface area contributed by atoms with Crippen LogP contribution in [0.2, 0.25) is 0 Å². The van der Waals surface area contributed by atoms with Crippen LogP contribution < -0.4 is 0 Å². The topological polar surface area (TPSA) is 52.0 Å². The number of rotatable bonds is 4. The van der Waals surface area contributed by atoms with Crippen molar-refractivity contribution in [3.05, 3.63) is 17.5 Å². The van der Waals surface area contributed by atoms with Gasteiger partial charge in [-0.2, -0.15) is 18.3 Å². The van der Waals surface area contributed by atoms with Gasteiger partial charge < -0.3 is 0 Å². The van der Waals surface area contributed by atoms with Gasteiger partial charge in [0.15, 0.2) is 9.84 Å². The van der Waals surface area contributed by atoms with Crippen molar-refractivity contribution in [3.63, 3.8) is 0 Å². The zero-order chi connectivity index (χ0) is 13.6. The Kier molecular flexibility index (Phi) is 3.16. The average molecular weight is 282 g/mol. The summed E-state index contributed by atoms with van der Waals surface area (Å²) in [6.07, 6.45) is -1.92. The number of aromatic nitrogens is 2. The summed E-state index contributed by atoms with van der Waals surface area (Å²) < 4.78 is 62.3. The van der Waals surface area contributed by atoms with Crippen LogP contribution in [0, 0.1) is 5.92 Å². The van der Waals surface area contributed by atoms with E-state index in [4.69, 9.17) is 0 Å². The Morgan fingerprint density at radius 2 is 2.06 bits per heavy atom. The van der Waals surface area contributed by atoms with E-state index in [1.807, 2.05) is 0 Å². The summed E-state index contributed by atoms with van der Waals surface area (Å²) in [5, 5.41) is 3.49. The van der Waals surface area contributed by atoms with Crippen molar-refractivity contribution >= 4 is 9.84 Å². The van der Waals surface area contributed by atoms with Gasteiger partial charge in [-0.05, 0) is 18.8 Å². The molecule has 102 valence electrons. The standard InChI is InChI=1S/C10H13F3N2O2S/c1-15-9(10(11,12)13)8(4-14-15)6-18(16,17)5-7-2-3-7/h4,7H,2-3,5-6H2,1H3. The summed E-state index contributed by atoms with van der Waals surface area (Å²) in [5.74, 6) is -0.494. The molecule has 0 saturated heterocycles. The van der Waals surface area contributed by atoms with Gasteiger partial charge in [0.25, 0.3) is 0 Å². The molecule has 4 nitrogen and oxygen atoms in total. The zero-order valence-corrected chi connectivity index (χ0v) is 10.6. The summed E-state index contributed by atoms with van der Waals surface area (Å²) in [6, 6.07) is 0. The highest BCUT2D eigenvalue weighted by molar-refractivity contribution is 7.90. The van der Waals surface area contributed by atoms with Gasteiger partial charge in [-0.15, -0.1) is 0 Å². The van der Waals surface area contributed by atoms with Gasteiger partial charge in [0.2, 0.25) is 0 Å². The largest absolute Gasteiger partial charge is 0.433 e. The molecule has 1 saturated carbocycles. The Labute approximate surface area is 103 Å². The summed E-state index contributed by atoms with van der Waals surface area (Å²) in [6.45, 7) is 0. The SMILES string of the molecule is Cn1ncc(CS(=O)(=O)CC2CC2)c1C(F)(F)F. The number of aryl methyl sites for hydroxylation is 1. The average Bonchev–Trinajstić information content (AvgIpc) is 2.87. The highest BCUT2D eigenvalue weighted by atomic mass is 32.2. The zero-order valence-electron chi connectivity index (χ0n) is 9.74. The first-order valence-corrected chi connectivity index (χ1v) is 7.29. The third kappa shape index (κ3) is 3.04. The third-order valence-corrected chi connectivity index (χ3v) is 4.58. The van der Waals surface area contributed by atoms with Crippen molar-refractivity contribution in [1.82, 2.24) is 9.78 Å². The summed E-state index contributed by atoms with van der Waals surface area (Å²) in [5.41, 5.74) is -1.26. The molecule has 0 amide bonds. The monoisotopic (exact) mass is 282 g/mol. The predicted molar refractivity (Wildman–Crippen MR) is 58.4 cm³/mol. The minimum Gasteiger partial charge on any atom is -0.263 e. The summed E-state index contributed by atoms with van der Waals surface area (Å²) >= 11 is 0. The Morgan fingerprint density at radius 3 is 2.56 bits per heavy atom. The minimum atomic E-state index is -4.59. The lowest BCUT2D eigenvalue weighted by atomic mass is 10.3. The van der Waals surface area contributed by atoms with Crippen LogP contribution in [0.5, 0.6) is 0 Å². The van der Waals surface area contributed by atoms with Crippen LogP contribution in [0.25, 0.3) is 0 Å². The number of hydrogen-bond acceptors (Lipinski definition) is 3. The number of alkyl halides is 3. The third-order valence-electron chi connectivity index (χ3n) is 2.85. The van der Waals surface area contributed by atoms with Crippen LogP contribution in [0.1, 0.15) is 24.1 Å². The van der Waals surface area contributed by atoms with E-state index in [9.17, 15) is 21.6 Å². The lowest BCUT2D eigenvalue weighted by molar-refractivity contribution is -0.144. The maximum Gasteiger partial charge on any atom is 0.433 e. The van der Waals surface area contributed by atoms with Gasteiger partial charge in [-0.25, -0.2) is 8.42 Å². The van der Waals surface area contributed by atoms with E-state index in [2.05, 4.69) is 5.10 Å². The lowest BCUT2D eigenvalue weighted by Crippen LogP contribution is -2.17. The first-order valence-electron chi connectivity index (χ1n) is 5.47. The van der Waals surface area contributed by atoms with Crippen molar-refractivity contribution in [2.24, 2.45) is 13.0 Å². The minimum absolute atomic E-state index is 0.0286. The maximum absolute atomic E-state index is 12.7. The van der Waals surface area contributed by atoms with E-state index in [1.165, 1.54) is 0 Å². The second-order valence-electron chi connectivity index (χ2n) is 4.64. The molecule has 1 heterocycles. The van der Waals surface area contributed by atoms with Gasteiger partial charge in [-0.1, -0.05) is 0 Å². The van der Waals surface area contributed by atoms with Gasteiger partial charge in [0.05, 0.1) is 17.7 Å². The molecule has 0 atom stereocenters. The van der Waals surface area contributed by atoms with E-state index in [0.29, 0.717) is 4.68 Å². The molecule has 18 heavy (non-hydrogen) atoms. The molecule has 8 heteroatoms. The number of halogens is 3. The Balaban J connectivity index is 2.24. The fourth-order valence-electron chi connectivity index (χ4n) is 1.89. The quantitative estimate of drug-likeness (QED) is 0.845. The van der Waals surface area contributed by atoms with E-state index in [1.54, 1.807) is 0 Å². The molecule has 0 aromatic carbocycles. The van der Waals surface area contributed by atoms with E-state index >= 15 is 0 Å². The molecule has 0 bridgehead atoms. The van der Waals surface area contributed by atoms with Gasteiger partial charge >= 0.3 is 6.18 Å². The molecular weight excluding hydrogens is 269 g/mol. The van der Waals surface area contributed by atoms with Gasteiger partial charge in [0.1, 0.15) is 5.69 Å². The molecule has 0 unspecified atom stereocenters. The fourth-order valence-corrected chi connectivity index (χ4v) is 3.75.